The highest BCUT2D eigenvalue weighted by Crippen LogP contribution is 2.20. The fourth-order valence-electron chi connectivity index (χ4n) is 1.11. The van der Waals surface area contributed by atoms with Crippen molar-refractivity contribution in [2.24, 2.45) is 0 Å². The number of hydrogen-bond donors (Lipinski definition) is 1. The number of benzene rings is 1. The van der Waals surface area contributed by atoms with Crippen LogP contribution >= 0.6 is 12.4 Å². The SMILES string of the molecule is Cl.Fc1ccc(F)c(-c2ccn[nH]2)c1. The first-order valence-corrected chi connectivity index (χ1v) is 3.72. The fourth-order valence-corrected chi connectivity index (χ4v) is 1.11. The molecule has 0 atom stereocenters. The molecule has 2 nitrogen and oxygen atoms in total. The van der Waals surface area contributed by atoms with Gasteiger partial charge in [0.1, 0.15) is 11.6 Å². The number of rotatable bonds is 1. The van der Waals surface area contributed by atoms with Gasteiger partial charge in [0.25, 0.3) is 0 Å². The zero-order chi connectivity index (χ0) is 9.26. The van der Waals surface area contributed by atoms with Gasteiger partial charge in [-0.3, -0.25) is 5.10 Å². The maximum Gasteiger partial charge on any atom is 0.132 e. The zero-order valence-corrected chi connectivity index (χ0v) is 7.81. The van der Waals surface area contributed by atoms with Crippen LogP contribution in [0.1, 0.15) is 0 Å². The molecule has 0 fully saturated rings. The van der Waals surface area contributed by atoms with E-state index in [0.717, 1.165) is 18.2 Å². The molecule has 0 bridgehead atoms. The van der Waals surface area contributed by atoms with Crippen molar-refractivity contribution in [2.75, 3.05) is 0 Å². The van der Waals surface area contributed by atoms with E-state index < -0.39 is 11.6 Å². The Morgan fingerprint density at radius 1 is 1.14 bits per heavy atom. The molecule has 0 aliphatic carbocycles. The smallest absolute Gasteiger partial charge is 0.132 e. The van der Waals surface area contributed by atoms with E-state index in [0.29, 0.717) is 5.69 Å². The molecule has 0 radical (unpaired) electrons. The van der Waals surface area contributed by atoms with Gasteiger partial charge >= 0.3 is 0 Å². The Labute approximate surface area is 85.4 Å². The lowest BCUT2D eigenvalue weighted by Crippen LogP contribution is -1.86. The minimum Gasteiger partial charge on any atom is -0.278 e. The molecular weight excluding hydrogens is 210 g/mol. The van der Waals surface area contributed by atoms with Gasteiger partial charge < -0.3 is 0 Å². The summed E-state index contributed by atoms with van der Waals surface area (Å²) in [7, 11) is 0. The van der Waals surface area contributed by atoms with Crippen LogP contribution in [0, 0.1) is 11.6 Å². The Hall–Kier alpha value is -1.42. The molecule has 0 saturated carbocycles. The van der Waals surface area contributed by atoms with E-state index in [1.165, 1.54) is 6.20 Å². The van der Waals surface area contributed by atoms with Crippen LogP contribution in [0.3, 0.4) is 0 Å². The van der Waals surface area contributed by atoms with E-state index in [9.17, 15) is 8.78 Å². The second-order valence-electron chi connectivity index (χ2n) is 2.59. The van der Waals surface area contributed by atoms with Gasteiger partial charge in [0, 0.05) is 11.8 Å². The monoisotopic (exact) mass is 216 g/mol. The summed E-state index contributed by atoms with van der Waals surface area (Å²) in [6.07, 6.45) is 1.49. The Morgan fingerprint density at radius 3 is 2.57 bits per heavy atom. The summed E-state index contributed by atoms with van der Waals surface area (Å²) in [4.78, 5) is 0. The van der Waals surface area contributed by atoms with Gasteiger partial charge in [-0.05, 0) is 24.3 Å². The molecule has 0 amide bonds. The van der Waals surface area contributed by atoms with Crippen molar-refractivity contribution in [3.63, 3.8) is 0 Å². The number of nitrogens with one attached hydrogen (secondary N) is 1. The molecule has 74 valence electrons. The van der Waals surface area contributed by atoms with Gasteiger partial charge in [-0.15, -0.1) is 12.4 Å². The number of aromatic amines is 1. The van der Waals surface area contributed by atoms with Crippen molar-refractivity contribution in [3.05, 3.63) is 42.1 Å². The quantitative estimate of drug-likeness (QED) is 0.780. The lowest BCUT2D eigenvalue weighted by molar-refractivity contribution is 0.602. The van der Waals surface area contributed by atoms with E-state index in [1.54, 1.807) is 6.07 Å². The third-order valence-corrected chi connectivity index (χ3v) is 1.72. The van der Waals surface area contributed by atoms with Crippen LogP contribution in [0.5, 0.6) is 0 Å². The summed E-state index contributed by atoms with van der Waals surface area (Å²) in [5, 5.41) is 6.22. The normalized spacial score (nSPS) is 9.57. The van der Waals surface area contributed by atoms with Crippen molar-refractivity contribution in [1.82, 2.24) is 10.2 Å². The first kappa shape index (κ1) is 10.7. The van der Waals surface area contributed by atoms with Crippen molar-refractivity contribution < 1.29 is 8.78 Å². The maximum atomic E-state index is 13.1. The number of H-pyrrole nitrogens is 1. The van der Waals surface area contributed by atoms with E-state index in [2.05, 4.69) is 10.2 Å². The minimum atomic E-state index is -0.467. The van der Waals surface area contributed by atoms with E-state index >= 15 is 0 Å². The van der Waals surface area contributed by atoms with Crippen molar-refractivity contribution in [3.8, 4) is 11.3 Å². The molecule has 0 aliphatic heterocycles. The Kier molecular flexibility index (Phi) is 3.19. The predicted molar refractivity (Wildman–Crippen MR) is 51.2 cm³/mol. The summed E-state index contributed by atoms with van der Waals surface area (Å²) < 4.78 is 25.9. The van der Waals surface area contributed by atoms with Crippen LogP contribution in [0.4, 0.5) is 8.78 Å². The topological polar surface area (TPSA) is 28.7 Å². The second kappa shape index (κ2) is 4.19. The largest absolute Gasteiger partial charge is 0.278 e. The molecule has 1 aromatic carbocycles. The Morgan fingerprint density at radius 2 is 1.93 bits per heavy atom. The third-order valence-electron chi connectivity index (χ3n) is 1.72. The molecule has 0 aliphatic rings. The standard InChI is InChI=1S/C9H6F2N2.ClH/c10-6-1-2-8(11)7(5-6)9-3-4-12-13-9;/h1-5H,(H,12,13);1H. The van der Waals surface area contributed by atoms with Crippen LogP contribution in [-0.4, -0.2) is 10.2 Å². The average Bonchev–Trinajstić information content (AvgIpc) is 2.61. The molecule has 5 heteroatoms. The molecule has 1 N–H and O–H groups in total. The molecule has 0 spiro atoms. The van der Waals surface area contributed by atoms with Crippen LogP contribution in [0.15, 0.2) is 30.5 Å². The van der Waals surface area contributed by atoms with E-state index in [-0.39, 0.29) is 18.0 Å². The number of hydrogen-bond acceptors (Lipinski definition) is 1. The number of aromatic nitrogens is 2. The van der Waals surface area contributed by atoms with E-state index in [1.807, 2.05) is 0 Å². The zero-order valence-electron chi connectivity index (χ0n) is 7.00. The fraction of sp³-hybridized carbons (Fsp3) is 0. The highest BCUT2D eigenvalue weighted by atomic mass is 35.5. The Balaban J connectivity index is 0.000000980. The van der Waals surface area contributed by atoms with Crippen LogP contribution in [0.25, 0.3) is 11.3 Å². The Bertz CT molecular complexity index is 415. The first-order valence-electron chi connectivity index (χ1n) is 3.72. The van der Waals surface area contributed by atoms with Gasteiger partial charge in [-0.1, -0.05) is 0 Å². The number of halogens is 3. The van der Waals surface area contributed by atoms with Crippen molar-refractivity contribution >= 4 is 12.4 Å². The summed E-state index contributed by atoms with van der Waals surface area (Å²) in [6, 6.07) is 4.88. The lowest BCUT2D eigenvalue weighted by atomic mass is 10.1. The second-order valence-corrected chi connectivity index (χ2v) is 2.59. The predicted octanol–water partition coefficient (Wildman–Crippen LogP) is 2.78. The highest BCUT2D eigenvalue weighted by Gasteiger charge is 2.06. The molecule has 1 aromatic heterocycles. The molecule has 0 unspecified atom stereocenters. The average molecular weight is 217 g/mol. The molecule has 1 heterocycles. The van der Waals surface area contributed by atoms with Gasteiger partial charge in [0.15, 0.2) is 0 Å². The maximum absolute atomic E-state index is 13.1. The molecule has 0 saturated heterocycles. The van der Waals surface area contributed by atoms with Crippen molar-refractivity contribution in [2.45, 2.75) is 0 Å². The van der Waals surface area contributed by atoms with Gasteiger partial charge in [0.2, 0.25) is 0 Å². The highest BCUT2D eigenvalue weighted by molar-refractivity contribution is 5.85. The minimum absolute atomic E-state index is 0. The summed E-state index contributed by atoms with van der Waals surface area (Å²) >= 11 is 0. The van der Waals surface area contributed by atoms with Crippen molar-refractivity contribution in [1.29, 1.82) is 0 Å². The lowest BCUT2D eigenvalue weighted by Gasteiger charge is -1.98. The summed E-state index contributed by atoms with van der Waals surface area (Å²) in [5.41, 5.74) is 0.662. The molecule has 2 aromatic rings. The van der Waals surface area contributed by atoms with Crippen LogP contribution in [-0.2, 0) is 0 Å². The van der Waals surface area contributed by atoms with Gasteiger partial charge in [0.05, 0.1) is 5.69 Å². The molecular formula is C9H7ClF2N2. The van der Waals surface area contributed by atoms with Crippen LogP contribution < -0.4 is 0 Å². The molecule has 14 heavy (non-hydrogen) atoms. The van der Waals surface area contributed by atoms with Crippen LogP contribution in [0.2, 0.25) is 0 Å². The summed E-state index contributed by atoms with van der Waals surface area (Å²) in [6.45, 7) is 0. The summed E-state index contributed by atoms with van der Waals surface area (Å²) in [5.74, 6) is -0.934. The first-order chi connectivity index (χ1) is 6.27. The van der Waals surface area contributed by atoms with Gasteiger partial charge in [-0.25, -0.2) is 8.78 Å². The molecule has 2 rings (SSSR count). The van der Waals surface area contributed by atoms with Gasteiger partial charge in [-0.2, -0.15) is 5.10 Å². The van der Waals surface area contributed by atoms with E-state index in [4.69, 9.17) is 0 Å². The third kappa shape index (κ3) is 1.90. The number of nitrogens with zero attached hydrogens (tertiary/aromatic N) is 1.